The Morgan fingerprint density at radius 2 is 1.93 bits per heavy atom. The summed E-state index contributed by atoms with van der Waals surface area (Å²) in [6, 6.07) is 14.4. The van der Waals surface area contributed by atoms with Gasteiger partial charge in [0.25, 0.3) is 5.91 Å². The van der Waals surface area contributed by atoms with Gasteiger partial charge in [0.15, 0.2) is 5.82 Å². The molecule has 2 aromatic heterocycles. The van der Waals surface area contributed by atoms with Gasteiger partial charge in [-0.15, -0.1) is 0 Å². The average molecular weight is 361 g/mol. The third kappa shape index (κ3) is 5.12. The predicted octanol–water partition coefficient (Wildman–Crippen LogP) is 2.34. The fourth-order valence-electron chi connectivity index (χ4n) is 2.40. The van der Waals surface area contributed by atoms with Gasteiger partial charge in [0.1, 0.15) is 0 Å². The maximum atomic E-state index is 12.1. The molecule has 2 amide bonds. The van der Waals surface area contributed by atoms with Gasteiger partial charge < -0.3 is 10.6 Å². The topological polar surface area (TPSA) is 88.9 Å². The van der Waals surface area contributed by atoms with Crippen LogP contribution in [0.3, 0.4) is 0 Å². The number of anilines is 1. The number of carbonyl (C=O) groups is 2. The molecule has 3 rings (SSSR count). The summed E-state index contributed by atoms with van der Waals surface area (Å²) in [5.41, 5.74) is 2.27. The maximum absolute atomic E-state index is 12.1. The molecule has 0 atom stereocenters. The molecule has 0 unspecified atom stereocenters. The van der Waals surface area contributed by atoms with Crippen LogP contribution in [-0.2, 0) is 11.3 Å². The van der Waals surface area contributed by atoms with Crippen LogP contribution >= 0.6 is 0 Å². The summed E-state index contributed by atoms with van der Waals surface area (Å²) < 4.78 is 1.71. The number of amides is 2. The van der Waals surface area contributed by atoms with Crippen LogP contribution in [0, 0.1) is 0 Å². The third-order valence-electron chi connectivity index (χ3n) is 3.77. The molecular weight excluding hydrogens is 342 g/mol. The highest BCUT2D eigenvalue weighted by Gasteiger charge is 2.04. The molecule has 0 saturated carbocycles. The molecule has 7 heteroatoms. The van der Waals surface area contributed by atoms with Crippen molar-refractivity contribution in [2.24, 2.45) is 0 Å². The van der Waals surface area contributed by atoms with Gasteiger partial charge in [-0.05, 0) is 35.9 Å². The highest BCUT2D eigenvalue weighted by Crippen LogP contribution is 2.08. The fraction of sp³-hybridized carbons (Fsp3) is 0.100. The molecule has 0 radical (unpaired) electrons. The summed E-state index contributed by atoms with van der Waals surface area (Å²) in [5, 5.41) is 9.58. The van der Waals surface area contributed by atoms with Crippen molar-refractivity contribution in [1.29, 1.82) is 0 Å². The van der Waals surface area contributed by atoms with Crippen LogP contribution < -0.4 is 10.6 Å². The van der Waals surface area contributed by atoms with Crippen molar-refractivity contribution < 1.29 is 9.59 Å². The summed E-state index contributed by atoms with van der Waals surface area (Å²) in [7, 11) is 1.58. The highest BCUT2D eigenvalue weighted by atomic mass is 16.2. The van der Waals surface area contributed by atoms with Crippen molar-refractivity contribution in [3.8, 4) is 0 Å². The molecule has 0 aliphatic rings. The Balaban J connectivity index is 1.56. The second-order valence-electron chi connectivity index (χ2n) is 5.74. The number of benzene rings is 1. The zero-order chi connectivity index (χ0) is 19.1. The Hall–Kier alpha value is -3.74. The minimum Gasteiger partial charge on any atom is -0.355 e. The van der Waals surface area contributed by atoms with Crippen molar-refractivity contribution in [1.82, 2.24) is 20.1 Å². The van der Waals surface area contributed by atoms with Gasteiger partial charge in [-0.1, -0.05) is 18.2 Å². The fourth-order valence-corrected chi connectivity index (χ4v) is 2.40. The summed E-state index contributed by atoms with van der Waals surface area (Å²) >= 11 is 0. The van der Waals surface area contributed by atoms with Crippen LogP contribution in [0.25, 0.3) is 6.08 Å². The number of nitrogens with zero attached hydrogens (tertiary/aromatic N) is 3. The molecule has 0 aliphatic heterocycles. The quantitative estimate of drug-likeness (QED) is 0.660. The van der Waals surface area contributed by atoms with Crippen molar-refractivity contribution >= 4 is 23.7 Å². The Bertz CT molecular complexity index is 946. The normalized spacial score (nSPS) is 10.7. The average Bonchev–Trinajstić information content (AvgIpc) is 3.13. The van der Waals surface area contributed by atoms with E-state index in [1.165, 1.54) is 6.08 Å². The Labute approximate surface area is 156 Å². The van der Waals surface area contributed by atoms with Gasteiger partial charge in [-0.25, -0.2) is 0 Å². The van der Waals surface area contributed by atoms with Gasteiger partial charge in [0.2, 0.25) is 5.91 Å². The van der Waals surface area contributed by atoms with Crippen LogP contribution in [-0.4, -0.2) is 33.6 Å². The van der Waals surface area contributed by atoms with Crippen molar-refractivity contribution in [2.75, 3.05) is 12.4 Å². The molecule has 7 nitrogen and oxygen atoms in total. The molecule has 0 saturated heterocycles. The Morgan fingerprint density at radius 1 is 1.11 bits per heavy atom. The first-order valence-corrected chi connectivity index (χ1v) is 8.38. The minimum absolute atomic E-state index is 0.149. The van der Waals surface area contributed by atoms with Gasteiger partial charge in [0.05, 0.1) is 12.2 Å². The van der Waals surface area contributed by atoms with Gasteiger partial charge in [-0.2, -0.15) is 5.10 Å². The van der Waals surface area contributed by atoms with Gasteiger partial charge in [-0.3, -0.25) is 19.3 Å². The Morgan fingerprint density at radius 3 is 2.63 bits per heavy atom. The van der Waals surface area contributed by atoms with Crippen LogP contribution in [0.1, 0.15) is 21.6 Å². The lowest BCUT2D eigenvalue weighted by Gasteiger charge is -2.01. The van der Waals surface area contributed by atoms with Gasteiger partial charge >= 0.3 is 0 Å². The molecule has 0 aliphatic carbocycles. The minimum atomic E-state index is -0.284. The summed E-state index contributed by atoms with van der Waals surface area (Å²) in [6.07, 6.45) is 6.61. The second kappa shape index (κ2) is 8.57. The molecule has 136 valence electrons. The van der Waals surface area contributed by atoms with E-state index in [9.17, 15) is 9.59 Å². The zero-order valence-corrected chi connectivity index (χ0v) is 14.8. The van der Waals surface area contributed by atoms with Crippen LogP contribution in [0.15, 0.2) is 67.0 Å². The van der Waals surface area contributed by atoms with E-state index >= 15 is 0 Å². The molecule has 2 N–H and O–H groups in total. The molecule has 1 aromatic carbocycles. The summed E-state index contributed by atoms with van der Waals surface area (Å²) in [6.45, 7) is 0.532. The number of carbonyl (C=O) groups excluding carboxylic acids is 2. The van der Waals surface area contributed by atoms with Crippen molar-refractivity contribution in [2.45, 2.75) is 6.54 Å². The van der Waals surface area contributed by atoms with E-state index in [0.717, 1.165) is 11.3 Å². The van der Waals surface area contributed by atoms with Gasteiger partial charge in [0, 0.05) is 37.1 Å². The lowest BCUT2D eigenvalue weighted by Crippen LogP contribution is -2.17. The lowest BCUT2D eigenvalue weighted by molar-refractivity contribution is -0.111. The smallest absolute Gasteiger partial charge is 0.251 e. The molecule has 0 spiro atoms. The first-order valence-electron chi connectivity index (χ1n) is 8.38. The molecule has 2 heterocycles. The summed E-state index contributed by atoms with van der Waals surface area (Å²) in [5.74, 6) is 0.0357. The molecular formula is C20H19N5O2. The zero-order valence-electron chi connectivity index (χ0n) is 14.8. The van der Waals surface area contributed by atoms with E-state index in [2.05, 4.69) is 20.7 Å². The standard InChI is InChI=1S/C20H19N5O2/c1-21-20(27)16-8-5-15(6-9-16)7-10-19(26)23-18-11-13-25(24-18)14-17-4-2-3-12-22-17/h2-13H,14H2,1H3,(H,21,27)(H,23,24,26). The number of rotatable bonds is 6. The number of pyridine rings is 1. The van der Waals surface area contributed by atoms with Crippen molar-refractivity contribution in [3.05, 3.63) is 83.8 Å². The number of hydrogen-bond acceptors (Lipinski definition) is 4. The number of nitrogens with one attached hydrogen (secondary N) is 2. The maximum Gasteiger partial charge on any atom is 0.251 e. The third-order valence-corrected chi connectivity index (χ3v) is 3.77. The first kappa shape index (κ1) is 18.1. The number of hydrogen-bond donors (Lipinski definition) is 2. The van der Waals surface area contributed by atoms with E-state index in [1.54, 1.807) is 60.5 Å². The number of aromatic nitrogens is 3. The van der Waals surface area contributed by atoms with Crippen LogP contribution in [0.5, 0.6) is 0 Å². The monoisotopic (exact) mass is 361 g/mol. The highest BCUT2D eigenvalue weighted by molar-refractivity contribution is 6.01. The Kier molecular flexibility index (Phi) is 5.73. The van der Waals surface area contributed by atoms with E-state index in [1.807, 2.05) is 18.2 Å². The van der Waals surface area contributed by atoms with E-state index in [4.69, 9.17) is 0 Å². The van der Waals surface area contributed by atoms with E-state index in [0.29, 0.717) is 17.9 Å². The first-order chi connectivity index (χ1) is 13.1. The molecule has 3 aromatic rings. The largest absolute Gasteiger partial charge is 0.355 e. The van der Waals surface area contributed by atoms with E-state index < -0.39 is 0 Å². The second-order valence-corrected chi connectivity index (χ2v) is 5.74. The van der Waals surface area contributed by atoms with Crippen molar-refractivity contribution in [3.63, 3.8) is 0 Å². The molecule has 27 heavy (non-hydrogen) atoms. The molecule has 0 bridgehead atoms. The SMILES string of the molecule is CNC(=O)c1ccc(C=CC(=O)Nc2ccn(Cc3ccccn3)n2)cc1. The van der Waals surface area contributed by atoms with E-state index in [-0.39, 0.29) is 11.8 Å². The predicted molar refractivity (Wildman–Crippen MR) is 103 cm³/mol. The summed E-state index contributed by atoms with van der Waals surface area (Å²) in [4.78, 5) is 27.8. The van der Waals surface area contributed by atoms with Crippen LogP contribution in [0.4, 0.5) is 5.82 Å². The lowest BCUT2D eigenvalue weighted by atomic mass is 10.1. The van der Waals surface area contributed by atoms with Crippen LogP contribution in [0.2, 0.25) is 0 Å². The molecule has 0 fully saturated rings.